The van der Waals surface area contributed by atoms with E-state index >= 15 is 0 Å². The molecule has 0 spiro atoms. The molecule has 1 aliphatic rings. The fraction of sp³-hybridized carbons (Fsp3) is 0.500. The van der Waals surface area contributed by atoms with Gasteiger partial charge in [0, 0.05) is 24.3 Å². The van der Waals surface area contributed by atoms with Gasteiger partial charge in [-0.3, -0.25) is 4.79 Å². The average molecular weight is 284 g/mol. The van der Waals surface area contributed by atoms with Gasteiger partial charge in [0.1, 0.15) is 5.75 Å². The topological polar surface area (TPSA) is 58.6 Å². The lowest BCUT2D eigenvalue weighted by atomic mass is 9.93. The van der Waals surface area contributed by atoms with Gasteiger partial charge in [-0.05, 0) is 43.9 Å². The van der Waals surface area contributed by atoms with Crippen LogP contribution in [0.4, 0.5) is 0 Å². The van der Waals surface area contributed by atoms with Crippen molar-refractivity contribution in [1.29, 1.82) is 0 Å². The number of carbonyl (C=O) groups is 1. The molecule has 1 aliphatic heterocycles. The highest BCUT2D eigenvalue weighted by Gasteiger charge is 2.23. The van der Waals surface area contributed by atoms with Crippen LogP contribution in [0.15, 0.2) is 18.2 Å². The molecule has 1 saturated heterocycles. The number of aromatic hydroxyl groups is 1. The Kier molecular flexibility index (Phi) is 4.66. The molecule has 104 valence electrons. The highest BCUT2D eigenvalue weighted by molar-refractivity contribution is 6.31. The van der Waals surface area contributed by atoms with Crippen LogP contribution in [-0.2, 0) is 4.74 Å². The van der Waals surface area contributed by atoms with Gasteiger partial charge in [0.25, 0.3) is 5.91 Å². The minimum absolute atomic E-state index is 0.0507. The third-order valence-corrected chi connectivity index (χ3v) is 3.77. The molecule has 0 aromatic heterocycles. The molecule has 1 amide bonds. The summed E-state index contributed by atoms with van der Waals surface area (Å²) in [5, 5.41) is 13.0. The van der Waals surface area contributed by atoms with Crippen LogP contribution >= 0.6 is 11.6 Å². The Balaban J connectivity index is 2.01. The fourth-order valence-electron chi connectivity index (χ4n) is 2.31. The van der Waals surface area contributed by atoms with Gasteiger partial charge in [-0.2, -0.15) is 0 Å². The van der Waals surface area contributed by atoms with Crippen molar-refractivity contribution >= 4 is 17.5 Å². The van der Waals surface area contributed by atoms with Crippen LogP contribution in [0, 0.1) is 5.92 Å². The zero-order valence-electron chi connectivity index (χ0n) is 10.9. The molecule has 1 heterocycles. The second kappa shape index (κ2) is 6.26. The summed E-state index contributed by atoms with van der Waals surface area (Å²) >= 11 is 5.84. The number of hydrogen-bond acceptors (Lipinski definition) is 3. The molecule has 2 N–H and O–H groups in total. The molecule has 1 unspecified atom stereocenters. The summed E-state index contributed by atoms with van der Waals surface area (Å²) in [4.78, 5) is 12.1. The van der Waals surface area contributed by atoms with E-state index in [4.69, 9.17) is 16.3 Å². The summed E-state index contributed by atoms with van der Waals surface area (Å²) in [6.07, 6.45) is 1.89. The van der Waals surface area contributed by atoms with Crippen molar-refractivity contribution in [1.82, 2.24) is 5.32 Å². The highest BCUT2D eigenvalue weighted by atomic mass is 35.5. The van der Waals surface area contributed by atoms with E-state index in [1.165, 1.54) is 12.1 Å². The van der Waals surface area contributed by atoms with Crippen LogP contribution in [0.5, 0.6) is 5.75 Å². The van der Waals surface area contributed by atoms with E-state index in [1.807, 2.05) is 6.92 Å². The predicted octanol–water partition coefficient (Wildman–Crippen LogP) is 2.59. The Hall–Kier alpha value is -1.26. The summed E-state index contributed by atoms with van der Waals surface area (Å²) in [7, 11) is 0. The van der Waals surface area contributed by atoms with Crippen LogP contribution in [0.3, 0.4) is 0 Å². The van der Waals surface area contributed by atoms with Gasteiger partial charge in [0.15, 0.2) is 0 Å². The van der Waals surface area contributed by atoms with Crippen LogP contribution in [0.1, 0.15) is 30.1 Å². The lowest BCUT2D eigenvalue weighted by molar-refractivity contribution is 0.0538. The molecule has 0 saturated carbocycles. The highest BCUT2D eigenvalue weighted by Crippen LogP contribution is 2.23. The van der Waals surface area contributed by atoms with Gasteiger partial charge in [0.2, 0.25) is 0 Å². The van der Waals surface area contributed by atoms with Gasteiger partial charge in [-0.1, -0.05) is 11.6 Å². The molecular formula is C14H18ClNO3. The molecule has 0 radical (unpaired) electrons. The number of carbonyl (C=O) groups excluding carboxylic acids is 1. The molecule has 1 fully saturated rings. The maximum absolute atomic E-state index is 12.1. The molecular weight excluding hydrogens is 266 g/mol. The zero-order chi connectivity index (χ0) is 13.8. The summed E-state index contributed by atoms with van der Waals surface area (Å²) in [5.41, 5.74) is 0.214. The van der Waals surface area contributed by atoms with E-state index in [1.54, 1.807) is 6.07 Å². The lowest BCUT2D eigenvalue weighted by Crippen LogP contribution is -2.40. The van der Waals surface area contributed by atoms with Crippen molar-refractivity contribution in [3.05, 3.63) is 28.8 Å². The van der Waals surface area contributed by atoms with Crippen molar-refractivity contribution in [3.8, 4) is 5.75 Å². The number of rotatable bonds is 3. The Morgan fingerprint density at radius 1 is 1.47 bits per heavy atom. The SMILES string of the molecule is CC(NC(=O)c1cc(Cl)ccc1O)C1CCOCC1. The number of halogens is 1. The average Bonchev–Trinajstić information content (AvgIpc) is 2.42. The third-order valence-electron chi connectivity index (χ3n) is 3.54. The quantitative estimate of drug-likeness (QED) is 0.896. The predicted molar refractivity (Wildman–Crippen MR) is 73.6 cm³/mol. The Morgan fingerprint density at radius 3 is 2.84 bits per heavy atom. The van der Waals surface area contributed by atoms with Gasteiger partial charge in [-0.25, -0.2) is 0 Å². The smallest absolute Gasteiger partial charge is 0.255 e. The second-order valence-corrected chi connectivity index (χ2v) is 5.31. The van der Waals surface area contributed by atoms with Crippen molar-refractivity contribution in [2.45, 2.75) is 25.8 Å². The minimum Gasteiger partial charge on any atom is -0.507 e. The van der Waals surface area contributed by atoms with Crippen LogP contribution in [0.25, 0.3) is 0 Å². The van der Waals surface area contributed by atoms with Gasteiger partial charge in [-0.15, -0.1) is 0 Å². The van der Waals surface area contributed by atoms with Crippen molar-refractivity contribution in [2.75, 3.05) is 13.2 Å². The monoisotopic (exact) mass is 283 g/mol. The summed E-state index contributed by atoms with van der Waals surface area (Å²) in [6.45, 7) is 3.47. The van der Waals surface area contributed by atoms with Crippen molar-refractivity contribution < 1.29 is 14.6 Å². The largest absolute Gasteiger partial charge is 0.507 e. The van der Waals surface area contributed by atoms with Gasteiger partial charge < -0.3 is 15.2 Å². The number of phenols is 1. The van der Waals surface area contributed by atoms with E-state index in [0.29, 0.717) is 10.9 Å². The normalized spacial score (nSPS) is 18.0. The molecule has 0 bridgehead atoms. The maximum atomic E-state index is 12.1. The molecule has 1 aromatic carbocycles. The first-order valence-electron chi connectivity index (χ1n) is 6.45. The van der Waals surface area contributed by atoms with Crippen LogP contribution in [-0.4, -0.2) is 30.3 Å². The molecule has 5 heteroatoms. The van der Waals surface area contributed by atoms with Gasteiger partial charge in [0.05, 0.1) is 5.56 Å². The Labute approximate surface area is 117 Å². The summed E-state index contributed by atoms with van der Waals surface area (Å²) in [6, 6.07) is 4.50. The molecule has 0 aliphatic carbocycles. The van der Waals surface area contributed by atoms with E-state index in [-0.39, 0.29) is 23.3 Å². The number of benzene rings is 1. The minimum atomic E-state index is -0.293. The number of ether oxygens (including phenoxy) is 1. The summed E-state index contributed by atoms with van der Waals surface area (Å²) in [5.74, 6) is 0.0686. The number of nitrogens with one attached hydrogen (secondary N) is 1. The first-order valence-corrected chi connectivity index (χ1v) is 6.83. The Bertz CT molecular complexity index is 458. The standard InChI is InChI=1S/C14H18ClNO3/c1-9(10-4-6-19-7-5-10)16-14(18)12-8-11(15)2-3-13(12)17/h2-3,8-10,17H,4-7H2,1H3,(H,16,18). The Morgan fingerprint density at radius 2 is 2.16 bits per heavy atom. The van der Waals surface area contributed by atoms with E-state index in [2.05, 4.69) is 5.32 Å². The molecule has 19 heavy (non-hydrogen) atoms. The van der Waals surface area contributed by atoms with Crippen LogP contribution in [0.2, 0.25) is 5.02 Å². The fourth-order valence-corrected chi connectivity index (χ4v) is 2.48. The first kappa shape index (κ1) is 14.2. The molecule has 1 aromatic rings. The zero-order valence-corrected chi connectivity index (χ0v) is 11.6. The first-order chi connectivity index (χ1) is 9.08. The van der Waals surface area contributed by atoms with E-state index in [0.717, 1.165) is 26.1 Å². The third kappa shape index (κ3) is 3.61. The number of amides is 1. The molecule has 1 atom stereocenters. The second-order valence-electron chi connectivity index (χ2n) is 4.87. The van der Waals surface area contributed by atoms with E-state index in [9.17, 15) is 9.90 Å². The number of phenolic OH excluding ortho intramolecular Hbond substituents is 1. The molecule has 4 nitrogen and oxygen atoms in total. The summed E-state index contributed by atoms with van der Waals surface area (Å²) < 4.78 is 5.30. The van der Waals surface area contributed by atoms with Crippen LogP contribution < -0.4 is 5.32 Å². The van der Waals surface area contributed by atoms with Crippen molar-refractivity contribution in [2.24, 2.45) is 5.92 Å². The maximum Gasteiger partial charge on any atom is 0.255 e. The van der Waals surface area contributed by atoms with Crippen molar-refractivity contribution in [3.63, 3.8) is 0 Å². The number of hydrogen-bond donors (Lipinski definition) is 2. The van der Waals surface area contributed by atoms with Gasteiger partial charge >= 0.3 is 0 Å². The molecule has 2 rings (SSSR count). The lowest BCUT2D eigenvalue weighted by Gasteiger charge is -2.28. The van der Waals surface area contributed by atoms with E-state index < -0.39 is 0 Å².